The molecule has 1 saturated heterocycles. The van der Waals surface area contributed by atoms with Crippen LogP contribution in [0.3, 0.4) is 0 Å². The minimum Gasteiger partial charge on any atom is -0.494 e. The van der Waals surface area contributed by atoms with Crippen molar-refractivity contribution in [2.75, 3.05) is 26.7 Å². The third-order valence-electron chi connectivity index (χ3n) is 5.46. The van der Waals surface area contributed by atoms with Crippen molar-refractivity contribution >= 4 is 5.91 Å². The topological polar surface area (TPSA) is 41.6 Å². The van der Waals surface area contributed by atoms with Crippen molar-refractivity contribution in [1.29, 1.82) is 0 Å². The van der Waals surface area contributed by atoms with Crippen molar-refractivity contribution in [3.63, 3.8) is 0 Å². The maximum atomic E-state index is 13.1. The molecular formula is C19H28N2O2. The fourth-order valence-corrected chi connectivity index (χ4v) is 4.25. The van der Waals surface area contributed by atoms with E-state index in [0.29, 0.717) is 25.0 Å². The molecule has 0 aromatic heterocycles. The fraction of sp³-hybridized carbons (Fsp3) is 0.632. The predicted molar refractivity (Wildman–Crippen MR) is 91.3 cm³/mol. The van der Waals surface area contributed by atoms with E-state index in [2.05, 4.69) is 17.4 Å². The molecule has 4 heteroatoms. The Labute approximate surface area is 139 Å². The molecule has 1 N–H and O–H groups in total. The van der Waals surface area contributed by atoms with E-state index in [4.69, 9.17) is 4.74 Å². The van der Waals surface area contributed by atoms with Gasteiger partial charge in [-0.05, 0) is 49.9 Å². The van der Waals surface area contributed by atoms with Crippen LogP contribution >= 0.6 is 0 Å². The van der Waals surface area contributed by atoms with E-state index in [1.54, 1.807) is 0 Å². The predicted octanol–water partition coefficient (Wildman–Crippen LogP) is 2.82. The maximum Gasteiger partial charge on any atom is 0.230 e. The molecule has 1 aromatic rings. The summed E-state index contributed by atoms with van der Waals surface area (Å²) in [5.41, 5.74) is 0.997. The Morgan fingerprint density at radius 2 is 2.13 bits per heavy atom. The lowest BCUT2D eigenvalue weighted by Crippen LogP contribution is -2.48. The minimum absolute atomic E-state index is 0.155. The monoisotopic (exact) mass is 316 g/mol. The molecule has 2 fully saturated rings. The Balaban J connectivity index is 1.67. The molecule has 1 amide bonds. The molecule has 0 unspecified atom stereocenters. The van der Waals surface area contributed by atoms with Crippen LogP contribution in [-0.4, -0.2) is 37.6 Å². The number of benzene rings is 1. The Hall–Kier alpha value is -1.55. The fourth-order valence-electron chi connectivity index (χ4n) is 4.25. The number of nitrogens with one attached hydrogen (secondary N) is 1. The molecule has 3 rings (SSSR count). The van der Waals surface area contributed by atoms with Crippen LogP contribution in [0.25, 0.3) is 0 Å². The zero-order chi connectivity index (χ0) is 16.3. The van der Waals surface area contributed by atoms with Gasteiger partial charge in [-0.3, -0.25) is 4.79 Å². The van der Waals surface area contributed by atoms with Crippen molar-refractivity contribution in [3.05, 3.63) is 29.8 Å². The van der Waals surface area contributed by atoms with Crippen molar-refractivity contribution in [1.82, 2.24) is 10.2 Å². The number of rotatable bonds is 5. The van der Waals surface area contributed by atoms with E-state index < -0.39 is 0 Å². The van der Waals surface area contributed by atoms with Crippen LogP contribution in [0.5, 0.6) is 5.75 Å². The van der Waals surface area contributed by atoms with Gasteiger partial charge >= 0.3 is 0 Å². The van der Waals surface area contributed by atoms with Crippen molar-refractivity contribution in [3.8, 4) is 5.75 Å². The van der Waals surface area contributed by atoms with E-state index in [9.17, 15) is 4.79 Å². The first-order chi connectivity index (χ1) is 11.2. The largest absolute Gasteiger partial charge is 0.494 e. The molecule has 2 atom stereocenters. The quantitative estimate of drug-likeness (QED) is 0.908. The Kier molecular flexibility index (Phi) is 4.90. The highest BCUT2D eigenvalue weighted by Gasteiger charge is 2.50. The summed E-state index contributed by atoms with van der Waals surface area (Å²) in [7, 11) is 1.94. The zero-order valence-electron chi connectivity index (χ0n) is 14.3. The average molecular weight is 316 g/mol. The highest BCUT2D eigenvalue weighted by molar-refractivity contribution is 5.83. The highest BCUT2D eigenvalue weighted by atomic mass is 16.5. The first-order valence-electron chi connectivity index (χ1n) is 8.84. The van der Waals surface area contributed by atoms with Crippen LogP contribution in [0.15, 0.2) is 24.3 Å². The molecular weight excluding hydrogens is 288 g/mol. The molecule has 1 aliphatic carbocycles. The number of carbonyl (C=O) groups is 1. The SMILES string of the molecule is CCOc1ccc(CN(C)C(=O)[C@@]23CCCC[C@H]2CNC3)cc1. The van der Waals surface area contributed by atoms with Crippen LogP contribution in [-0.2, 0) is 11.3 Å². The van der Waals surface area contributed by atoms with Gasteiger partial charge in [-0.2, -0.15) is 0 Å². The van der Waals surface area contributed by atoms with E-state index in [-0.39, 0.29) is 5.41 Å². The van der Waals surface area contributed by atoms with Crippen LogP contribution in [0.1, 0.15) is 38.2 Å². The molecule has 23 heavy (non-hydrogen) atoms. The third kappa shape index (κ3) is 3.23. The number of nitrogens with zero attached hydrogens (tertiary/aromatic N) is 1. The second-order valence-electron chi connectivity index (χ2n) is 6.97. The summed E-state index contributed by atoms with van der Waals surface area (Å²) in [4.78, 5) is 15.1. The van der Waals surface area contributed by atoms with Gasteiger partial charge in [0.2, 0.25) is 5.91 Å². The van der Waals surface area contributed by atoms with Crippen LogP contribution in [0, 0.1) is 11.3 Å². The lowest BCUT2D eigenvalue weighted by atomic mass is 9.67. The Bertz CT molecular complexity index is 543. The summed E-state index contributed by atoms with van der Waals surface area (Å²) >= 11 is 0. The van der Waals surface area contributed by atoms with Gasteiger partial charge in [-0.25, -0.2) is 0 Å². The zero-order valence-corrected chi connectivity index (χ0v) is 14.3. The molecule has 1 aliphatic heterocycles. The lowest BCUT2D eigenvalue weighted by molar-refractivity contribution is -0.144. The summed E-state index contributed by atoms with van der Waals surface area (Å²) in [6.45, 7) is 5.18. The molecule has 1 saturated carbocycles. The van der Waals surface area contributed by atoms with E-state index in [1.807, 2.05) is 31.0 Å². The molecule has 1 aromatic carbocycles. The normalized spacial score (nSPS) is 26.6. The number of ether oxygens (including phenoxy) is 1. The maximum absolute atomic E-state index is 13.1. The standard InChI is InChI=1S/C19H28N2O2/c1-3-23-17-9-7-15(8-10-17)13-21(2)18(22)19-11-5-4-6-16(19)12-20-14-19/h7-10,16,20H,3-6,11-14H2,1-2H3/t16-,19+/m0/s1. The molecule has 0 spiro atoms. The van der Waals surface area contributed by atoms with Crippen molar-refractivity contribution in [2.45, 2.75) is 39.2 Å². The molecule has 126 valence electrons. The van der Waals surface area contributed by atoms with Crippen LogP contribution < -0.4 is 10.1 Å². The van der Waals surface area contributed by atoms with Crippen LogP contribution in [0.4, 0.5) is 0 Å². The summed E-state index contributed by atoms with van der Waals surface area (Å²) in [5.74, 6) is 1.73. The number of amides is 1. The number of carbonyl (C=O) groups excluding carboxylic acids is 1. The van der Waals surface area contributed by atoms with Crippen molar-refractivity contribution in [2.24, 2.45) is 11.3 Å². The van der Waals surface area contributed by atoms with Gasteiger partial charge in [0.15, 0.2) is 0 Å². The highest BCUT2D eigenvalue weighted by Crippen LogP contribution is 2.45. The average Bonchev–Trinajstić information content (AvgIpc) is 3.01. The van der Waals surface area contributed by atoms with Gasteiger partial charge in [-0.1, -0.05) is 25.0 Å². The van der Waals surface area contributed by atoms with Gasteiger partial charge in [0.25, 0.3) is 0 Å². The number of hydrogen-bond acceptors (Lipinski definition) is 3. The van der Waals surface area contributed by atoms with Gasteiger partial charge < -0.3 is 15.0 Å². The first kappa shape index (κ1) is 16.3. The smallest absolute Gasteiger partial charge is 0.230 e. The summed E-state index contributed by atoms with van der Waals surface area (Å²) in [6, 6.07) is 8.07. The van der Waals surface area contributed by atoms with Gasteiger partial charge in [-0.15, -0.1) is 0 Å². The summed E-state index contributed by atoms with van der Waals surface area (Å²) in [6.07, 6.45) is 4.68. The first-order valence-corrected chi connectivity index (χ1v) is 8.84. The summed E-state index contributed by atoms with van der Waals surface area (Å²) in [5, 5.41) is 3.46. The third-order valence-corrected chi connectivity index (χ3v) is 5.46. The number of fused-ring (bicyclic) bond motifs is 1. The van der Waals surface area contributed by atoms with Crippen molar-refractivity contribution < 1.29 is 9.53 Å². The van der Waals surface area contributed by atoms with Gasteiger partial charge in [0.05, 0.1) is 12.0 Å². The summed E-state index contributed by atoms with van der Waals surface area (Å²) < 4.78 is 5.48. The molecule has 2 aliphatic rings. The van der Waals surface area contributed by atoms with E-state index >= 15 is 0 Å². The molecule has 4 nitrogen and oxygen atoms in total. The van der Waals surface area contributed by atoms with Crippen LogP contribution in [0.2, 0.25) is 0 Å². The number of hydrogen-bond donors (Lipinski definition) is 1. The van der Waals surface area contributed by atoms with E-state index in [0.717, 1.165) is 30.8 Å². The second kappa shape index (κ2) is 6.91. The Morgan fingerprint density at radius 3 is 2.87 bits per heavy atom. The molecule has 0 radical (unpaired) electrons. The Morgan fingerprint density at radius 1 is 1.35 bits per heavy atom. The minimum atomic E-state index is -0.155. The van der Waals surface area contributed by atoms with Gasteiger partial charge in [0, 0.05) is 20.1 Å². The van der Waals surface area contributed by atoms with E-state index in [1.165, 1.54) is 19.3 Å². The molecule has 1 heterocycles. The van der Waals surface area contributed by atoms with Gasteiger partial charge in [0.1, 0.15) is 5.75 Å². The molecule has 0 bridgehead atoms. The second-order valence-corrected chi connectivity index (χ2v) is 6.97. The lowest BCUT2D eigenvalue weighted by Gasteiger charge is -2.39.